The molecule has 216 valence electrons. The second kappa shape index (κ2) is 12.2. The number of carbonyl (C=O) groups is 2. The molecule has 2 aromatic heterocycles. The van der Waals surface area contributed by atoms with Crippen molar-refractivity contribution in [3.63, 3.8) is 0 Å². The number of pyridine rings is 1. The normalized spacial score (nSPS) is 14.7. The predicted molar refractivity (Wildman–Crippen MR) is 168 cm³/mol. The molecule has 2 amide bonds. The standard InChI is InChI=1S/C34H30FN5O2S/c1-22-11-16-28(23(2)18-22)40-34-31(32(38-40)24-8-4-3-5-9-24)33(25-12-14-26(35)15-13-25)43-21-30(42)39(34)20-29(41)37-19-27-10-6-7-17-36-27/h3-18,33H,19-21H2,1-2H3,(H,37,41)/t33-/m0/s1. The molecule has 5 aromatic rings. The van der Waals surface area contributed by atoms with Crippen molar-refractivity contribution < 1.29 is 14.0 Å². The van der Waals surface area contributed by atoms with Crippen LogP contribution in [-0.2, 0) is 16.1 Å². The number of benzene rings is 3. The number of hydrogen-bond acceptors (Lipinski definition) is 5. The maximum atomic E-state index is 14.0. The lowest BCUT2D eigenvalue weighted by atomic mass is 9.99. The van der Waals surface area contributed by atoms with Crippen molar-refractivity contribution in [2.75, 3.05) is 17.2 Å². The van der Waals surface area contributed by atoms with Gasteiger partial charge in [0.1, 0.15) is 18.2 Å². The Bertz CT molecular complexity index is 1770. The zero-order chi connectivity index (χ0) is 29.9. The van der Waals surface area contributed by atoms with Crippen molar-refractivity contribution in [2.24, 2.45) is 0 Å². The summed E-state index contributed by atoms with van der Waals surface area (Å²) in [6.07, 6.45) is 1.67. The van der Waals surface area contributed by atoms with Crippen LogP contribution in [0.25, 0.3) is 16.9 Å². The lowest BCUT2D eigenvalue weighted by molar-refractivity contribution is -0.123. The second-order valence-electron chi connectivity index (χ2n) is 10.5. The van der Waals surface area contributed by atoms with Gasteiger partial charge in [-0.2, -0.15) is 5.10 Å². The highest BCUT2D eigenvalue weighted by atomic mass is 32.2. The summed E-state index contributed by atoms with van der Waals surface area (Å²) >= 11 is 1.45. The first-order valence-corrected chi connectivity index (χ1v) is 15.0. The molecule has 9 heteroatoms. The van der Waals surface area contributed by atoms with Gasteiger partial charge in [0.05, 0.1) is 34.6 Å². The third-order valence-corrected chi connectivity index (χ3v) is 8.64. The zero-order valence-electron chi connectivity index (χ0n) is 23.8. The van der Waals surface area contributed by atoms with Gasteiger partial charge in [0.2, 0.25) is 11.8 Å². The van der Waals surface area contributed by atoms with Crippen LogP contribution in [0.2, 0.25) is 0 Å². The van der Waals surface area contributed by atoms with E-state index < -0.39 is 0 Å². The molecule has 3 heterocycles. The molecular weight excluding hydrogens is 561 g/mol. The van der Waals surface area contributed by atoms with Crippen LogP contribution in [0.5, 0.6) is 0 Å². The van der Waals surface area contributed by atoms with Gasteiger partial charge >= 0.3 is 0 Å². The van der Waals surface area contributed by atoms with E-state index in [4.69, 9.17) is 5.10 Å². The number of aromatic nitrogens is 3. The molecule has 0 saturated carbocycles. The van der Waals surface area contributed by atoms with Gasteiger partial charge in [0.15, 0.2) is 0 Å². The first-order valence-electron chi connectivity index (χ1n) is 14.0. The van der Waals surface area contributed by atoms with Gasteiger partial charge in [-0.1, -0.05) is 66.2 Å². The number of anilines is 1. The average molecular weight is 592 g/mol. The molecule has 7 nitrogen and oxygen atoms in total. The molecule has 0 unspecified atom stereocenters. The topological polar surface area (TPSA) is 80.1 Å². The highest BCUT2D eigenvalue weighted by molar-refractivity contribution is 8.00. The highest BCUT2D eigenvalue weighted by Crippen LogP contribution is 2.48. The van der Waals surface area contributed by atoms with E-state index >= 15 is 0 Å². The minimum Gasteiger partial charge on any atom is -0.349 e. The van der Waals surface area contributed by atoms with Gasteiger partial charge in [0.25, 0.3) is 0 Å². The Kier molecular flexibility index (Phi) is 8.07. The Hall–Kier alpha value is -4.76. The fourth-order valence-electron chi connectivity index (χ4n) is 5.33. The summed E-state index contributed by atoms with van der Waals surface area (Å²) in [6.45, 7) is 4.08. The van der Waals surface area contributed by atoms with Gasteiger partial charge in [-0.15, -0.1) is 11.8 Å². The second-order valence-corrected chi connectivity index (χ2v) is 11.6. The summed E-state index contributed by atoms with van der Waals surface area (Å²) < 4.78 is 15.8. The Balaban J connectivity index is 1.53. The number of thioether (sulfide) groups is 1. The van der Waals surface area contributed by atoms with Gasteiger partial charge in [0, 0.05) is 17.3 Å². The lowest BCUT2D eigenvalue weighted by Gasteiger charge is -2.24. The summed E-state index contributed by atoms with van der Waals surface area (Å²) in [5, 5.41) is 7.71. The summed E-state index contributed by atoms with van der Waals surface area (Å²) in [5.74, 6) is -0.202. The van der Waals surface area contributed by atoms with E-state index in [0.29, 0.717) is 11.5 Å². The van der Waals surface area contributed by atoms with Crippen LogP contribution in [0.3, 0.4) is 0 Å². The van der Waals surface area contributed by atoms with Crippen molar-refractivity contribution in [1.82, 2.24) is 20.1 Å². The Morgan fingerprint density at radius 1 is 1.00 bits per heavy atom. The zero-order valence-corrected chi connectivity index (χ0v) is 24.6. The highest BCUT2D eigenvalue weighted by Gasteiger charge is 2.38. The van der Waals surface area contributed by atoms with Gasteiger partial charge in [-0.25, -0.2) is 9.07 Å². The Morgan fingerprint density at radius 3 is 2.49 bits per heavy atom. The van der Waals surface area contributed by atoms with E-state index in [-0.39, 0.29) is 41.7 Å². The quantitative estimate of drug-likeness (QED) is 0.245. The number of aryl methyl sites for hydroxylation is 2. The lowest BCUT2D eigenvalue weighted by Crippen LogP contribution is -2.42. The summed E-state index contributed by atoms with van der Waals surface area (Å²) in [4.78, 5) is 33.1. The number of amides is 2. The molecule has 0 aliphatic carbocycles. The van der Waals surface area contributed by atoms with Crippen LogP contribution >= 0.6 is 11.8 Å². The predicted octanol–water partition coefficient (Wildman–Crippen LogP) is 6.18. The van der Waals surface area contributed by atoms with E-state index in [2.05, 4.69) is 16.4 Å². The molecule has 3 aromatic carbocycles. The van der Waals surface area contributed by atoms with E-state index in [0.717, 1.165) is 39.2 Å². The Morgan fingerprint density at radius 2 is 1.77 bits per heavy atom. The van der Waals surface area contributed by atoms with Crippen molar-refractivity contribution in [3.8, 4) is 16.9 Å². The average Bonchev–Trinajstić information content (AvgIpc) is 3.33. The number of nitrogens with zero attached hydrogens (tertiary/aromatic N) is 4. The third kappa shape index (κ3) is 5.94. The molecule has 43 heavy (non-hydrogen) atoms. The Labute approximate surface area is 253 Å². The van der Waals surface area contributed by atoms with Crippen LogP contribution in [0.1, 0.15) is 33.2 Å². The summed E-state index contributed by atoms with van der Waals surface area (Å²) in [6, 6.07) is 27.7. The van der Waals surface area contributed by atoms with Crippen LogP contribution in [0, 0.1) is 19.7 Å². The summed E-state index contributed by atoms with van der Waals surface area (Å²) in [7, 11) is 0. The number of carbonyl (C=O) groups excluding carboxylic acids is 2. The minimum atomic E-state index is -0.337. The maximum Gasteiger partial charge on any atom is 0.240 e. The van der Waals surface area contributed by atoms with Crippen molar-refractivity contribution in [1.29, 1.82) is 0 Å². The molecule has 1 aliphatic heterocycles. The van der Waals surface area contributed by atoms with Crippen LogP contribution in [0.4, 0.5) is 10.2 Å². The molecule has 0 saturated heterocycles. The van der Waals surface area contributed by atoms with Gasteiger partial charge in [-0.05, 0) is 55.3 Å². The molecule has 0 bridgehead atoms. The van der Waals surface area contributed by atoms with E-state index in [9.17, 15) is 14.0 Å². The largest absolute Gasteiger partial charge is 0.349 e. The van der Waals surface area contributed by atoms with Crippen molar-refractivity contribution in [3.05, 3.63) is 131 Å². The fraction of sp³-hybridized carbons (Fsp3) is 0.176. The minimum absolute atomic E-state index is 0.130. The summed E-state index contributed by atoms with van der Waals surface area (Å²) in [5.41, 5.74) is 6.83. The maximum absolute atomic E-state index is 14.0. The first kappa shape index (κ1) is 28.4. The van der Waals surface area contributed by atoms with Gasteiger partial charge in [-0.3, -0.25) is 19.5 Å². The molecule has 1 atom stereocenters. The molecule has 1 N–H and O–H groups in total. The molecule has 1 aliphatic rings. The first-order chi connectivity index (χ1) is 20.9. The monoisotopic (exact) mass is 591 g/mol. The van der Waals surface area contributed by atoms with Crippen LogP contribution in [-0.4, -0.2) is 38.9 Å². The number of nitrogens with one attached hydrogen (secondary N) is 1. The van der Waals surface area contributed by atoms with E-state index in [1.807, 2.05) is 74.5 Å². The molecule has 0 radical (unpaired) electrons. The number of hydrogen-bond donors (Lipinski definition) is 1. The van der Waals surface area contributed by atoms with E-state index in [1.54, 1.807) is 27.9 Å². The molecule has 6 rings (SSSR count). The van der Waals surface area contributed by atoms with Crippen LogP contribution in [0.15, 0.2) is 97.2 Å². The number of halogens is 1. The SMILES string of the molecule is Cc1ccc(-n2nc(-c3ccccc3)c3c2N(CC(=O)NCc2ccccn2)C(=O)CS[C@H]3c2ccc(F)cc2)c(C)c1. The van der Waals surface area contributed by atoms with E-state index in [1.165, 1.54) is 23.9 Å². The van der Waals surface area contributed by atoms with Crippen molar-refractivity contribution in [2.45, 2.75) is 25.6 Å². The molecule has 0 spiro atoms. The number of fused-ring (bicyclic) bond motifs is 1. The van der Waals surface area contributed by atoms with Crippen molar-refractivity contribution >= 4 is 29.4 Å². The van der Waals surface area contributed by atoms with Crippen LogP contribution < -0.4 is 10.2 Å². The molecular formula is C34H30FN5O2S. The smallest absolute Gasteiger partial charge is 0.240 e. The van der Waals surface area contributed by atoms with Gasteiger partial charge < -0.3 is 5.32 Å². The fourth-order valence-corrected chi connectivity index (χ4v) is 6.53. The molecule has 0 fully saturated rings. The third-order valence-electron chi connectivity index (χ3n) is 7.38. The number of rotatable bonds is 7.